The first-order valence-corrected chi connectivity index (χ1v) is 8.21. The smallest absolute Gasteiger partial charge is 0.251 e. The molecule has 1 amide bonds. The van der Waals surface area contributed by atoms with E-state index in [0.717, 1.165) is 21.5 Å². The molecule has 1 N–H and O–H groups in total. The molecule has 0 fully saturated rings. The second kappa shape index (κ2) is 8.59. The van der Waals surface area contributed by atoms with E-state index in [-0.39, 0.29) is 5.91 Å². The van der Waals surface area contributed by atoms with Gasteiger partial charge < -0.3 is 19.5 Å². The second-order valence-electron chi connectivity index (χ2n) is 5.03. The van der Waals surface area contributed by atoms with E-state index in [9.17, 15) is 4.79 Å². The molecule has 0 aliphatic rings. The third-order valence-electron chi connectivity index (χ3n) is 3.59. The molecule has 0 bridgehead atoms. The summed E-state index contributed by atoms with van der Waals surface area (Å²) in [5.41, 5.74) is 1.58. The predicted octanol–water partition coefficient (Wildman–Crippen LogP) is 3.45. The lowest BCUT2D eigenvalue weighted by atomic mass is 10.1. The fourth-order valence-corrected chi connectivity index (χ4v) is 2.82. The lowest BCUT2D eigenvalue weighted by molar-refractivity contribution is 0.0954. The zero-order valence-electron chi connectivity index (χ0n) is 13.9. The molecule has 0 spiro atoms. The van der Waals surface area contributed by atoms with Crippen LogP contribution in [0.1, 0.15) is 15.9 Å². The van der Waals surface area contributed by atoms with Crippen molar-refractivity contribution in [2.75, 3.05) is 27.9 Å². The van der Waals surface area contributed by atoms with Gasteiger partial charge in [0.05, 0.1) is 25.8 Å². The van der Waals surface area contributed by atoms with Gasteiger partial charge in [0.2, 0.25) is 0 Å². The van der Waals surface area contributed by atoms with E-state index < -0.39 is 0 Å². The van der Waals surface area contributed by atoms with Crippen LogP contribution in [-0.4, -0.2) is 33.8 Å². The maximum Gasteiger partial charge on any atom is 0.251 e. The fraction of sp³-hybridized carbons (Fsp3) is 0.278. The van der Waals surface area contributed by atoms with Gasteiger partial charge in [0, 0.05) is 18.2 Å². The van der Waals surface area contributed by atoms with E-state index in [2.05, 4.69) is 21.2 Å². The molecule has 128 valence electrons. The Kier molecular flexibility index (Phi) is 6.49. The lowest BCUT2D eigenvalue weighted by Gasteiger charge is -2.11. The number of benzene rings is 2. The molecule has 0 aromatic heterocycles. The number of hydrogen-bond donors (Lipinski definition) is 1. The van der Waals surface area contributed by atoms with Crippen molar-refractivity contribution in [3.8, 4) is 17.2 Å². The Morgan fingerprint density at radius 3 is 2.38 bits per heavy atom. The summed E-state index contributed by atoms with van der Waals surface area (Å²) in [5.74, 6) is 2.04. The molecule has 5 nitrogen and oxygen atoms in total. The Morgan fingerprint density at radius 1 is 1.00 bits per heavy atom. The molecule has 2 aromatic carbocycles. The summed E-state index contributed by atoms with van der Waals surface area (Å²) in [4.78, 5) is 12.2. The number of methoxy groups -OCH3 is 3. The average molecular weight is 394 g/mol. The highest BCUT2D eigenvalue weighted by Gasteiger charge is 2.10. The van der Waals surface area contributed by atoms with E-state index in [1.807, 2.05) is 18.2 Å². The van der Waals surface area contributed by atoms with Crippen LogP contribution in [0.25, 0.3) is 0 Å². The average Bonchev–Trinajstić information content (AvgIpc) is 2.61. The van der Waals surface area contributed by atoms with Crippen molar-refractivity contribution in [2.24, 2.45) is 0 Å². The molecule has 0 atom stereocenters. The quantitative estimate of drug-likeness (QED) is 0.782. The summed E-state index contributed by atoms with van der Waals surface area (Å²) in [6.07, 6.45) is 0.663. The molecule has 0 unspecified atom stereocenters. The topological polar surface area (TPSA) is 56.8 Å². The van der Waals surface area contributed by atoms with Crippen molar-refractivity contribution in [1.82, 2.24) is 5.32 Å². The van der Waals surface area contributed by atoms with Crippen LogP contribution in [0.15, 0.2) is 40.9 Å². The van der Waals surface area contributed by atoms with Gasteiger partial charge in [-0.25, -0.2) is 0 Å². The van der Waals surface area contributed by atoms with Crippen molar-refractivity contribution in [2.45, 2.75) is 6.42 Å². The number of amides is 1. The third kappa shape index (κ3) is 4.41. The zero-order chi connectivity index (χ0) is 17.5. The van der Waals surface area contributed by atoms with Crippen LogP contribution in [0.5, 0.6) is 17.2 Å². The first kappa shape index (κ1) is 18.1. The Morgan fingerprint density at radius 2 is 1.75 bits per heavy atom. The molecule has 0 heterocycles. The fourth-order valence-electron chi connectivity index (χ4n) is 2.28. The predicted molar refractivity (Wildman–Crippen MR) is 96.3 cm³/mol. The number of carbonyl (C=O) groups is 1. The van der Waals surface area contributed by atoms with Gasteiger partial charge in [-0.2, -0.15) is 0 Å². The highest BCUT2D eigenvalue weighted by molar-refractivity contribution is 9.10. The largest absolute Gasteiger partial charge is 0.497 e. The Labute approximate surface area is 150 Å². The normalized spacial score (nSPS) is 10.2. The number of ether oxygens (including phenoxy) is 3. The van der Waals surface area contributed by atoms with Gasteiger partial charge >= 0.3 is 0 Å². The van der Waals surface area contributed by atoms with Crippen LogP contribution in [-0.2, 0) is 6.42 Å². The maximum absolute atomic E-state index is 12.2. The monoisotopic (exact) mass is 393 g/mol. The third-order valence-corrected chi connectivity index (χ3v) is 4.21. The number of nitrogens with one attached hydrogen (secondary N) is 1. The number of hydrogen-bond acceptors (Lipinski definition) is 4. The van der Waals surface area contributed by atoms with Crippen molar-refractivity contribution < 1.29 is 19.0 Å². The summed E-state index contributed by atoms with van der Waals surface area (Å²) in [5, 5.41) is 2.90. The summed E-state index contributed by atoms with van der Waals surface area (Å²) in [6, 6.07) is 10.9. The highest BCUT2D eigenvalue weighted by Crippen LogP contribution is 2.26. The highest BCUT2D eigenvalue weighted by atomic mass is 79.9. The molecule has 2 aromatic rings. The van der Waals surface area contributed by atoms with Crippen molar-refractivity contribution in [1.29, 1.82) is 0 Å². The second-order valence-corrected chi connectivity index (χ2v) is 5.89. The number of carbonyl (C=O) groups excluding carboxylic acids is 1. The summed E-state index contributed by atoms with van der Waals surface area (Å²) in [6.45, 7) is 0.505. The molecule has 0 aliphatic carbocycles. The lowest BCUT2D eigenvalue weighted by Crippen LogP contribution is -2.25. The van der Waals surface area contributed by atoms with Crippen LogP contribution in [0.3, 0.4) is 0 Å². The van der Waals surface area contributed by atoms with Crippen LogP contribution in [0, 0.1) is 0 Å². The Balaban J connectivity index is 1.96. The van der Waals surface area contributed by atoms with Gasteiger partial charge in [-0.3, -0.25) is 4.79 Å². The molecular formula is C18H20BrNO4. The van der Waals surface area contributed by atoms with Crippen LogP contribution < -0.4 is 19.5 Å². The molecule has 24 heavy (non-hydrogen) atoms. The Hall–Kier alpha value is -2.21. The molecule has 0 saturated carbocycles. The molecule has 0 radical (unpaired) electrons. The summed E-state index contributed by atoms with van der Waals surface area (Å²) < 4.78 is 16.4. The van der Waals surface area contributed by atoms with E-state index >= 15 is 0 Å². The molecule has 6 heteroatoms. The van der Waals surface area contributed by atoms with Gasteiger partial charge in [0.25, 0.3) is 5.91 Å². The minimum atomic E-state index is -0.133. The van der Waals surface area contributed by atoms with Crippen molar-refractivity contribution in [3.05, 3.63) is 52.0 Å². The molecule has 0 saturated heterocycles. The SMILES string of the molecule is COc1ccc(CCNC(=O)c2ccc(OC)c(Br)c2)c(OC)c1. The molecule has 2 rings (SSSR count). The first-order chi connectivity index (χ1) is 11.6. The van der Waals surface area contributed by atoms with E-state index in [0.29, 0.717) is 24.3 Å². The van der Waals surface area contributed by atoms with E-state index in [1.54, 1.807) is 39.5 Å². The zero-order valence-corrected chi connectivity index (χ0v) is 15.5. The summed E-state index contributed by atoms with van der Waals surface area (Å²) >= 11 is 3.38. The molecule has 0 aliphatic heterocycles. The minimum absolute atomic E-state index is 0.133. The maximum atomic E-state index is 12.2. The van der Waals surface area contributed by atoms with Gasteiger partial charge in [-0.05, 0) is 52.2 Å². The van der Waals surface area contributed by atoms with Crippen LogP contribution >= 0.6 is 15.9 Å². The standard InChI is InChI=1S/C18H20BrNO4/c1-22-14-6-4-12(17(11-14)24-3)8-9-20-18(21)13-5-7-16(23-2)15(19)10-13/h4-7,10-11H,8-9H2,1-3H3,(H,20,21). The van der Waals surface area contributed by atoms with Gasteiger partial charge in [-0.15, -0.1) is 0 Å². The van der Waals surface area contributed by atoms with Crippen molar-refractivity contribution >= 4 is 21.8 Å². The van der Waals surface area contributed by atoms with E-state index in [4.69, 9.17) is 14.2 Å². The van der Waals surface area contributed by atoms with Gasteiger partial charge in [0.1, 0.15) is 17.2 Å². The van der Waals surface area contributed by atoms with Crippen LogP contribution in [0.4, 0.5) is 0 Å². The van der Waals surface area contributed by atoms with Crippen molar-refractivity contribution in [3.63, 3.8) is 0 Å². The first-order valence-electron chi connectivity index (χ1n) is 7.41. The van der Waals surface area contributed by atoms with E-state index in [1.165, 1.54) is 0 Å². The molecular weight excluding hydrogens is 374 g/mol. The van der Waals surface area contributed by atoms with Gasteiger partial charge in [-0.1, -0.05) is 6.07 Å². The van der Waals surface area contributed by atoms with Gasteiger partial charge in [0.15, 0.2) is 0 Å². The number of halogens is 1. The minimum Gasteiger partial charge on any atom is -0.497 e. The number of rotatable bonds is 7. The van der Waals surface area contributed by atoms with Crippen LogP contribution in [0.2, 0.25) is 0 Å². The Bertz CT molecular complexity index is 718. The summed E-state index contributed by atoms with van der Waals surface area (Å²) in [7, 11) is 4.81.